The Labute approximate surface area is 114 Å². The molecule has 1 N–H and O–H groups in total. The summed E-state index contributed by atoms with van der Waals surface area (Å²) in [5.41, 5.74) is 1.22. The molecule has 0 unspecified atom stereocenters. The summed E-state index contributed by atoms with van der Waals surface area (Å²) in [6.45, 7) is 1.64. The second kappa shape index (κ2) is 5.26. The summed E-state index contributed by atoms with van der Waals surface area (Å²) in [6.07, 6.45) is 0.592. The first kappa shape index (κ1) is 13.3. The number of aliphatic hydroxyl groups excluding tert-OH is 1. The standard InChI is InChI=1S/C12H11Cl2FN2O/c1-2-10-7(6-18)12(14)17(16-10)11-8(13)4-3-5-9(11)15/h3-5,18H,2,6H2,1H3. The van der Waals surface area contributed by atoms with Gasteiger partial charge in [0.15, 0.2) is 0 Å². The quantitative estimate of drug-likeness (QED) is 0.940. The first-order chi connectivity index (χ1) is 8.60. The maximum absolute atomic E-state index is 13.8. The van der Waals surface area contributed by atoms with Gasteiger partial charge in [0.1, 0.15) is 16.7 Å². The average Bonchev–Trinajstić information content (AvgIpc) is 2.66. The lowest BCUT2D eigenvalue weighted by atomic mass is 10.2. The van der Waals surface area contributed by atoms with E-state index in [1.165, 1.54) is 16.8 Å². The third-order valence-corrected chi connectivity index (χ3v) is 3.34. The Kier molecular flexibility index (Phi) is 3.90. The normalized spacial score (nSPS) is 10.9. The van der Waals surface area contributed by atoms with Gasteiger partial charge in [-0.3, -0.25) is 0 Å². The number of aryl methyl sites for hydroxylation is 1. The molecule has 96 valence electrons. The number of nitrogens with zero attached hydrogens (tertiary/aromatic N) is 2. The summed E-state index contributed by atoms with van der Waals surface area (Å²) in [5.74, 6) is -0.515. The van der Waals surface area contributed by atoms with E-state index < -0.39 is 5.82 Å². The monoisotopic (exact) mass is 288 g/mol. The molecule has 0 fully saturated rings. The molecule has 1 heterocycles. The molecule has 0 bridgehead atoms. The van der Waals surface area contributed by atoms with Gasteiger partial charge in [-0.15, -0.1) is 0 Å². The number of aliphatic hydroxyl groups is 1. The minimum Gasteiger partial charge on any atom is -0.391 e. The van der Waals surface area contributed by atoms with E-state index in [-0.39, 0.29) is 22.5 Å². The third-order valence-electron chi connectivity index (χ3n) is 2.65. The molecule has 2 aromatic rings. The molecule has 0 aliphatic rings. The molecule has 0 spiro atoms. The fourth-order valence-electron chi connectivity index (χ4n) is 1.75. The third kappa shape index (κ3) is 2.11. The molecule has 0 saturated heterocycles. The molecule has 18 heavy (non-hydrogen) atoms. The van der Waals surface area contributed by atoms with Crippen LogP contribution >= 0.6 is 23.2 Å². The number of hydrogen-bond donors (Lipinski definition) is 1. The molecular weight excluding hydrogens is 278 g/mol. The van der Waals surface area contributed by atoms with Crippen molar-refractivity contribution >= 4 is 23.2 Å². The number of hydrogen-bond acceptors (Lipinski definition) is 2. The van der Waals surface area contributed by atoms with Gasteiger partial charge >= 0.3 is 0 Å². The summed E-state index contributed by atoms with van der Waals surface area (Å²) < 4.78 is 15.0. The summed E-state index contributed by atoms with van der Waals surface area (Å²) >= 11 is 12.1. The van der Waals surface area contributed by atoms with Crippen LogP contribution in [0.25, 0.3) is 5.69 Å². The highest BCUT2D eigenvalue weighted by Gasteiger charge is 2.19. The topological polar surface area (TPSA) is 38.0 Å². The van der Waals surface area contributed by atoms with Crippen molar-refractivity contribution in [1.82, 2.24) is 9.78 Å². The van der Waals surface area contributed by atoms with Gasteiger partial charge in [0.2, 0.25) is 0 Å². The van der Waals surface area contributed by atoms with Gasteiger partial charge in [-0.25, -0.2) is 9.07 Å². The van der Waals surface area contributed by atoms with Gasteiger partial charge < -0.3 is 5.11 Å². The number of rotatable bonds is 3. The molecule has 3 nitrogen and oxygen atoms in total. The van der Waals surface area contributed by atoms with E-state index in [0.29, 0.717) is 17.7 Å². The van der Waals surface area contributed by atoms with Crippen molar-refractivity contribution in [2.45, 2.75) is 20.0 Å². The number of para-hydroxylation sites is 1. The van der Waals surface area contributed by atoms with Gasteiger partial charge in [0.25, 0.3) is 0 Å². The zero-order valence-corrected chi connectivity index (χ0v) is 11.1. The molecular formula is C12H11Cl2FN2O. The van der Waals surface area contributed by atoms with E-state index in [1.807, 2.05) is 6.92 Å². The van der Waals surface area contributed by atoms with Crippen LogP contribution in [0.15, 0.2) is 18.2 Å². The molecule has 0 atom stereocenters. The zero-order valence-electron chi connectivity index (χ0n) is 9.62. The van der Waals surface area contributed by atoms with Crippen molar-refractivity contribution in [2.24, 2.45) is 0 Å². The van der Waals surface area contributed by atoms with E-state index in [4.69, 9.17) is 23.2 Å². The molecule has 0 aliphatic carbocycles. The first-order valence-corrected chi connectivity index (χ1v) is 6.17. The largest absolute Gasteiger partial charge is 0.391 e. The summed E-state index contributed by atoms with van der Waals surface area (Å²) in [5, 5.41) is 13.9. The van der Waals surface area contributed by atoms with Crippen LogP contribution < -0.4 is 0 Å². The Balaban J connectivity index is 2.68. The molecule has 0 aliphatic heterocycles. The van der Waals surface area contributed by atoms with Crippen LogP contribution in [0.5, 0.6) is 0 Å². The highest BCUT2D eigenvalue weighted by molar-refractivity contribution is 6.33. The van der Waals surface area contributed by atoms with Crippen molar-refractivity contribution in [3.8, 4) is 5.69 Å². The van der Waals surface area contributed by atoms with Gasteiger partial charge in [-0.1, -0.05) is 36.2 Å². The Hall–Kier alpha value is -1.10. The molecule has 6 heteroatoms. The fraction of sp³-hybridized carbons (Fsp3) is 0.250. The van der Waals surface area contributed by atoms with E-state index >= 15 is 0 Å². The van der Waals surface area contributed by atoms with E-state index in [9.17, 15) is 9.50 Å². The summed E-state index contributed by atoms with van der Waals surface area (Å²) in [7, 11) is 0. The number of aromatic nitrogens is 2. The van der Waals surface area contributed by atoms with E-state index in [0.717, 1.165) is 0 Å². The van der Waals surface area contributed by atoms with Crippen LogP contribution in [0.2, 0.25) is 10.2 Å². The van der Waals surface area contributed by atoms with E-state index in [1.54, 1.807) is 6.07 Å². The summed E-state index contributed by atoms with van der Waals surface area (Å²) in [4.78, 5) is 0. The van der Waals surface area contributed by atoms with Gasteiger partial charge in [0, 0.05) is 5.56 Å². The van der Waals surface area contributed by atoms with Crippen molar-refractivity contribution in [3.05, 3.63) is 45.4 Å². The Morgan fingerprint density at radius 1 is 1.39 bits per heavy atom. The average molecular weight is 289 g/mol. The van der Waals surface area contributed by atoms with Gasteiger partial charge in [-0.05, 0) is 18.6 Å². The molecule has 0 saturated carbocycles. The molecule has 1 aromatic carbocycles. The zero-order chi connectivity index (χ0) is 13.3. The summed E-state index contributed by atoms with van der Waals surface area (Å²) in [6, 6.07) is 4.35. The maximum atomic E-state index is 13.8. The Morgan fingerprint density at radius 2 is 2.11 bits per heavy atom. The van der Waals surface area contributed by atoms with Gasteiger partial charge in [0.05, 0.1) is 17.3 Å². The second-order valence-electron chi connectivity index (χ2n) is 3.71. The highest BCUT2D eigenvalue weighted by Crippen LogP contribution is 2.29. The minimum atomic E-state index is -0.515. The smallest absolute Gasteiger partial charge is 0.150 e. The Morgan fingerprint density at radius 3 is 2.61 bits per heavy atom. The van der Waals surface area contributed by atoms with Crippen molar-refractivity contribution in [2.75, 3.05) is 0 Å². The van der Waals surface area contributed by atoms with Crippen molar-refractivity contribution < 1.29 is 9.50 Å². The van der Waals surface area contributed by atoms with Crippen LogP contribution in [-0.2, 0) is 13.0 Å². The highest BCUT2D eigenvalue weighted by atomic mass is 35.5. The Bertz CT molecular complexity index is 563. The van der Waals surface area contributed by atoms with Crippen LogP contribution in [0, 0.1) is 5.82 Å². The predicted molar refractivity (Wildman–Crippen MR) is 68.8 cm³/mol. The molecule has 0 amide bonds. The van der Waals surface area contributed by atoms with E-state index in [2.05, 4.69) is 5.10 Å². The molecule has 2 rings (SSSR count). The number of halogens is 3. The number of benzene rings is 1. The lowest BCUT2D eigenvalue weighted by Gasteiger charge is -2.06. The van der Waals surface area contributed by atoms with Crippen LogP contribution in [0.4, 0.5) is 4.39 Å². The maximum Gasteiger partial charge on any atom is 0.150 e. The lowest BCUT2D eigenvalue weighted by Crippen LogP contribution is -2.01. The van der Waals surface area contributed by atoms with Crippen molar-refractivity contribution in [3.63, 3.8) is 0 Å². The van der Waals surface area contributed by atoms with Crippen molar-refractivity contribution in [1.29, 1.82) is 0 Å². The second-order valence-corrected chi connectivity index (χ2v) is 4.48. The minimum absolute atomic E-state index is 0.0959. The van der Waals surface area contributed by atoms with Gasteiger partial charge in [-0.2, -0.15) is 5.10 Å². The predicted octanol–water partition coefficient (Wildman–Crippen LogP) is 3.37. The van der Waals surface area contributed by atoms with Crippen LogP contribution in [0.3, 0.4) is 0 Å². The first-order valence-electron chi connectivity index (χ1n) is 5.41. The SMILES string of the molecule is CCc1nn(-c2c(F)cccc2Cl)c(Cl)c1CO. The van der Waals surface area contributed by atoms with Crippen LogP contribution in [-0.4, -0.2) is 14.9 Å². The molecule has 1 aromatic heterocycles. The van der Waals surface area contributed by atoms with Crippen LogP contribution in [0.1, 0.15) is 18.2 Å². The lowest BCUT2D eigenvalue weighted by molar-refractivity contribution is 0.281. The molecule has 0 radical (unpaired) electrons. The fourth-order valence-corrected chi connectivity index (χ4v) is 2.29.